The maximum absolute atomic E-state index is 15.1. The monoisotopic (exact) mass is 714 g/mol. The summed E-state index contributed by atoms with van der Waals surface area (Å²) in [4.78, 5) is 50.6. The van der Waals surface area contributed by atoms with Crippen molar-refractivity contribution in [1.29, 1.82) is 0 Å². The first kappa shape index (κ1) is 33.7. The highest BCUT2D eigenvalue weighted by Gasteiger charge is 2.76. The average Bonchev–Trinajstić information content (AvgIpc) is 3.40. The van der Waals surface area contributed by atoms with Crippen LogP contribution in [0.3, 0.4) is 0 Å². The number of carbonyl (C=O) groups excluding carboxylic acids is 4. The Balaban J connectivity index is 1.57. The van der Waals surface area contributed by atoms with Gasteiger partial charge >= 0.3 is 0 Å². The highest BCUT2D eigenvalue weighted by atomic mass is 35.5. The van der Waals surface area contributed by atoms with Crippen LogP contribution in [0.4, 0.5) is 27.6 Å². The molecule has 0 bridgehead atoms. The molecule has 6 rings (SSSR count). The summed E-state index contributed by atoms with van der Waals surface area (Å²) < 4.78 is 83.2. The van der Waals surface area contributed by atoms with E-state index in [1.807, 2.05) is 0 Å². The second kappa shape index (κ2) is 11.5. The van der Waals surface area contributed by atoms with Gasteiger partial charge in [-0.15, -0.1) is 23.2 Å². The molecule has 1 N–H and O–H groups in total. The van der Waals surface area contributed by atoms with E-state index >= 15 is 8.78 Å². The van der Waals surface area contributed by atoms with Crippen LogP contribution in [0.25, 0.3) is 6.08 Å². The predicted molar refractivity (Wildman–Crippen MR) is 160 cm³/mol. The number of rotatable bonds is 6. The van der Waals surface area contributed by atoms with Crippen molar-refractivity contribution in [3.63, 3.8) is 0 Å². The van der Waals surface area contributed by atoms with Crippen LogP contribution in [-0.2, 0) is 19.2 Å². The fourth-order valence-electron chi connectivity index (χ4n) is 7.41. The average molecular weight is 715 g/mol. The van der Waals surface area contributed by atoms with Crippen molar-refractivity contribution >= 4 is 58.6 Å². The number of likely N-dealkylation sites (tertiary alicyclic amines) is 1. The van der Waals surface area contributed by atoms with Gasteiger partial charge in [0.05, 0.1) is 26.1 Å². The van der Waals surface area contributed by atoms with E-state index in [1.54, 1.807) is 13.0 Å². The zero-order chi connectivity index (χ0) is 35.2. The lowest BCUT2D eigenvalue weighted by atomic mass is 9.57. The summed E-state index contributed by atoms with van der Waals surface area (Å²) in [6.07, 6.45) is 3.75. The number of hydrogen-bond donors (Lipinski definition) is 1. The molecule has 0 radical (unpaired) electrons. The van der Waals surface area contributed by atoms with E-state index in [0.717, 1.165) is 4.90 Å². The molecule has 3 fully saturated rings. The number of benzene rings is 2. The van der Waals surface area contributed by atoms with Crippen LogP contribution in [0.15, 0.2) is 29.9 Å². The van der Waals surface area contributed by atoms with E-state index in [4.69, 9.17) is 32.7 Å². The molecule has 2 heterocycles. The highest BCUT2D eigenvalue weighted by Crippen LogP contribution is 2.64. The molecule has 9 nitrogen and oxygen atoms in total. The molecule has 2 aromatic carbocycles. The molecule has 16 heteroatoms. The van der Waals surface area contributed by atoms with Crippen LogP contribution >= 0.6 is 23.2 Å². The number of imide groups is 2. The van der Waals surface area contributed by atoms with Crippen molar-refractivity contribution in [2.24, 2.45) is 23.7 Å². The van der Waals surface area contributed by atoms with Crippen molar-refractivity contribution in [3.8, 4) is 17.2 Å². The van der Waals surface area contributed by atoms with Crippen molar-refractivity contribution < 1.29 is 55.7 Å². The number of hydrogen-bond acceptors (Lipinski definition) is 7. The van der Waals surface area contributed by atoms with E-state index in [1.165, 1.54) is 38.5 Å². The van der Waals surface area contributed by atoms with E-state index in [-0.39, 0.29) is 35.1 Å². The number of ether oxygens (including phenoxy) is 2. The standard InChI is InChI=1S/C32H25Cl2F5N2O7/c1-4-40-27(43)14-7-6-13-15(19(14)28(40)44)11-31(33)29(45)41(25-23(38)21(36)20(35)22(37)24(25)39)30(46)32(31,34)16(13)8-5-12-9-17(47-2)26(42)18(10-12)48-3/h5-6,8-10,14-16,19,42H,4,7,11H2,1-3H3. The second-order valence-corrected chi connectivity index (χ2v) is 13.0. The number of carbonyl (C=O) groups is 4. The molecule has 2 aliphatic heterocycles. The van der Waals surface area contributed by atoms with Crippen molar-refractivity contribution in [2.45, 2.75) is 29.5 Å². The molecule has 2 saturated heterocycles. The van der Waals surface area contributed by atoms with Gasteiger partial charge in [-0.05, 0) is 43.4 Å². The largest absolute Gasteiger partial charge is 0.502 e. The zero-order valence-corrected chi connectivity index (χ0v) is 26.8. The number of phenolic OH excluding ortho intramolecular Hbond substituents is 1. The normalized spacial score (nSPS) is 29.8. The fourth-order valence-corrected chi connectivity index (χ4v) is 8.30. The van der Waals surface area contributed by atoms with Crippen LogP contribution in [-0.4, -0.2) is 64.1 Å². The maximum atomic E-state index is 15.1. The highest BCUT2D eigenvalue weighted by molar-refractivity contribution is 6.58. The number of aromatic hydroxyl groups is 1. The van der Waals surface area contributed by atoms with E-state index in [2.05, 4.69) is 0 Å². The van der Waals surface area contributed by atoms with Crippen LogP contribution in [0.2, 0.25) is 0 Å². The Kier molecular flexibility index (Phi) is 8.06. The minimum absolute atomic E-state index is 0.0122. The molecular formula is C32H25Cl2F5N2O7. The number of fused-ring (bicyclic) bond motifs is 4. The molecule has 2 aromatic rings. The Labute approximate surface area is 279 Å². The van der Waals surface area contributed by atoms with Crippen LogP contribution in [0.5, 0.6) is 17.2 Å². The Morgan fingerprint density at radius 1 is 0.896 bits per heavy atom. The van der Waals surface area contributed by atoms with E-state index in [9.17, 15) is 37.5 Å². The van der Waals surface area contributed by atoms with Gasteiger partial charge in [0.1, 0.15) is 5.69 Å². The summed E-state index contributed by atoms with van der Waals surface area (Å²) in [6.45, 7) is 1.65. The quantitative estimate of drug-likeness (QED) is 0.109. The first-order chi connectivity index (χ1) is 22.6. The van der Waals surface area contributed by atoms with Gasteiger partial charge in [-0.25, -0.2) is 26.9 Å². The summed E-state index contributed by atoms with van der Waals surface area (Å²) in [5.41, 5.74) is -1.25. The molecule has 4 aliphatic rings. The number of nitrogens with zero attached hydrogens (tertiary/aromatic N) is 2. The minimum atomic E-state index is -2.64. The van der Waals surface area contributed by atoms with Crippen molar-refractivity contribution in [1.82, 2.24) is 4.90 Å². The summed E-state index contributed by atoms with van der Waals surface area (Å²) in [6, 6.07) is 2.77. The molecule has 48 heavy (non-hydrogen) atoms. The number of methoxy groups -OCH3 is 2. The van der Waals surface area contributed by atoms with Crippen LogP contribution < -0.4 is 14.4 Å². The van der Waals surface area contributed by atoms with Gasteiger partial charge in [-0.2, -0.15) is 0 Å². The molecule has 1 saturated carbocycles. The van der Waals surface area contributed by atoms with E-state index < -0.39 is 98.2 Å². The first-order valence-corrected chi connectivity index (χ1v) is 15.3. The summed E-state index contributed by atoms with van der Waals surface area (Å²) in [7, 11) is 2.56. The van der Waals surface area contributed by atoms with Crippen LogP contribution in [0.1, 0.15) is 25.3 Å². The first-order valence-electron chi connectivity index (χ1n) is 14.6. The Hall–Kier alpha value is -4.17. The third-order valence-corrected chi connectivity index (χ3v) is 11.1. The SMILES string of the molecule is CCN1C(=O)C2CC=C3C(CC4(Cl)C(=O)N(c5c(F)c(F)c(F)c(F)c5F)C(=O)C4(Cl)C3C=Cc3cc(OC)c(O)c(OC)c3)C2C1=O. The van der Waals surface area contributed by atoms with Crippen molar-refractivity contribution in [2.75, 3.05) is 25.7 Å². The Morgan fingerprint density at radius 3 is 2.00 bits per heavy atom. The number of amides is 4. The number of phenols is 1. The van der Waals surface area contributed by atoms with Gasteiger partial charge in [0.2, 0.25) is 23.4 Å². The number of alkyl halides is 2. The zero-order valence-electron chi connectivity index (χ0n) is 25.3. The predicted octanol–water partition coefficient (Wildman–Crippen LogP) is 5.23. The topological polar surface area (TPSA) is 113 Å². The molecule has 2 aliphatic carbocycles. The number of halogens is 7. The molecular weight excluding hydrogens is 690 g/mol. The number of anilines is 1. The van der Waals surface area contributed by atoms with Crippen molar-refractivity contribution in [3.05, 3.63) is 64.5 Å². The summed E-state index contributed by atoms with van der Waals surface area (Å²) >= 11 is 14.1. The van der Waals surface area contributed by atoms with Gasteiger partial charge in [0.25, 0.3) is 11.8 Å². The van der Waals surface area contributed by atoms with Gasteiger partial charge in [-0.3, -0.25) is 24.1 Å². The smallest absolute Gasteiger partial charge is 0.258 e. The van der Waals surface area contributed by atoms with E-state index in [0.29, 0.717) is 11.1 Å². The molecule has 0 spiro atoms. The lowest BCUT2D eigenvalue weighted by Gasteiger charge is -2.49. The molecule has 0 aromatic heterocycles. The lowest BCUT2D eigenvalue weighted by molar-refractivity contribution is -0.140. The molecule has 254 valence electrons. The Bertz CT molecular complexity index is 1830. The number of allylic oxidation sites excluding steroid dienone is 3. The van der Waals surface area contributed by atoms with Gasteiger partial charge in [0, 0.05) is 12.5 Å². The Morgan fingerprint density at radius 2 is 1.46 bits per heavy atom. The van der Waals surface area contributed by atoms with Gasteiger partial charge in [0.15, 0.2) is 44.5 Å². The molecule has 6 unspecified atom stereocenters. The van der Waals surface area contributed by atoms with Gasteiger partial charge < -0.3 is 14.6 Å². The van der Waals surface area contributed by atoms with Gasteiger partial charge in [-0.1, -0.05) is 23.8 Å². The summed E-state index contributed by atoms with van der Waals surface area (Å²) in [5, 5.41) is 10.3. The summed E-state index contributed by atoms with van der Waals surface area (Å²) in [5.74, 6) is -21.1. The maximum Gasteiger partial charge on any atom is 0.258 e. The fraction of sp³-hybridized carbons (Fsp3) is 0.375. The third-order valence-electron chi connectivity index (χ3n) is 9.67. The second-order valence-electron chi connectivity index (χ2n) is 11.8. The molecule has 6 atom stereocenters. The minimum Gasteiger partial charge on any atom is -0.502 e. The third kappa shape index (κ3) is 4.27. The molecule has 4 amide bonds. The van der Waals surface area contributed by atoms with Crippen LogP contribution in [0, 0.1) is 52.8 Å². The lowest BCUT2D eigenvalue weighted by Crippen LogP contribution is -2.60.